The SMILES string of the molecule is O=C(NCC1CCC2(CN(C(=O)c3cccc(O)c3)C2)OC1)c1ccncc1.O=C(O)C(F)(F)F. The van der Waals surface area contributed by atoms with Gasteiger partial charge in [-0.3, -0.25) is 14.6 Å². The molecular weight excluding hydrogens is 471 g/mol. The third kappa shape index (κ3) is 6.92. The molecule has 2 aromatic rings. The number of carboxylic acid groups (broad SMARTS) is 1. The topological polar surface area (TPSA) is 129 Å². The summed E-state index contributed by atoms with van der Waals surface area (Å²) in [4.78, 5) is 39.2. The average molecular weight is 495 g/mol. The van der Waals surface area contributed by atoms with Crippen LogP contribution in [-0.4, -0.2) is 75.9 Å². The number of aromatic hydroxyl groups is 1. The van der Waals surface area contributed by atoms with Crippen molar-refractivity contribution in [2.24, 2.45) is 5.92 Å². The number of phenols is 1. The monoisotopic (exact) mass is 495 g/mol. The molecule has 1 atom stereocenters. The van der Waals surface area contributed by atoms with Gasteiger partial charge < -0.3 is 25.2 Å². The van der Waals surface area contributed by atoms with Crippen molar-refractivity contribution < 1.29 is 42.5 Å². The van der Waals surface area contributed by atoms with Gasteiger partial charge in [0.1, 0.15) is 11.4 Å². The number of nitrogens with one attached hydrogen (secondary N) is 1. The number of amides is 2. The van der Waals surface area contributed by atoms with E-state index in [1.54, 1.807) is 47.6 Å². The summed E-state index contributed by atoms with van der Waals surface area (Å²) in [5.74, 6) is -2.59. The molecule has 2 fully saturated rings. The Morgan fingerprint density at radius 1 is 1.14 bits per heavy atom. The number of alkyl halides is 3. The molecule has 1 unspecified atom stereocenters. The molecule has 0 radical (unpaired) electrons. The molecule has 3 heterocycles. The molecule has 2 aliphatic heterocycles. The number of ether oxygens (including phenoxy) is 1. The molecule has 0 aliphatic carbocycles. The number of carbonyl (C=O) groups is 3. The molecule has 0 bridgehead atoms. The summed E-state index contributed by atoms with van der Waals surface area (Å²) >= 11 is 0. The zero-order chi connectivity index (χ0) is 25.6. The summed E-state index contributed by atoms with van der Waals surface area (Å²) < 4.78 is 37.8. The van der Waals surface area contributed by atoms with Gasteiger partial charge in [-0.25, -0.2) is 4.79 Å². The first-order valence-corrected chi connectivity index (χ1v) is 10.7. The van der Waals surface area contributed by atoms with E-state index in [0.717, 1.165) is 12.8 Å². The number of halogens is 3. The van der Waals surface area contributed by atoms with Crippen molar-refractivity contribution in [3.8, 4) is 5.75 Å². The van der Waals surface area contributed by atoms with Gasteiger partial charge >= 0.3 is 12.1 Å². The minimum atomic E-state index is -5.08. The molecule has 1 spiro atoms. The Kier molecular flexibility index (Phi) is 7.95. The minimum absolute atomic E-state index is 0.0862. The van der Waals surface area contributed by atoms with Crippen molar-refractivity contribution in [2.45, 2.75) is 24.6 Å². The highest BCUT2D eigenvalue weighted by molar-refractivity contribution is 5.95. The van der Waals surface area contributed by atoms with Crippen LogP contribution in [0.4, 0.5) is 13.2 Å². The lowest BCUT2D eigenvalue weighted by Crippen LogP contribution is -2.66. The van der Waals surface area contributed by atoms with Gasteiger partial charge in [0.2, 0.25) is 0 Å². The van der Waals surface area contributed by atoms with E-state index in [9.17, 15) is 27.9 Å². The number of nitrogens with zero attached hydrogens (tertiary/aromatic N) is 2. The molecule has 1 aromatic carbocycles. The molecule has 1 aromatic heterocycles. The van der Waals surface area contributed by atoms with Crippen molar-refractivity contribution in [1.29, 1.82) is 0 Å². The fraction of sp³-hybridized carbons (Fsp3) is 0.391. The molecule has 9 nitrogen and oxygen atoms in total. The number of aliphatic carboxylic acids is 1. The van der Waals surface area contributed by atoms with E-state index in [-0.39, 0.29) is 29.1 Å². The van der Waals surface area contributed by atoms with Crippen LogP contribution < -0.4 is 5.32 Å². The highest BCUT2D eigenvalue weighted by Crippen LogP contribution is 2.36. The Morgan fingerprint density at radius 3 is 2.34 bits per heavy atom. The summed E-state index contributed by atoms with van der Waals surface area (Å²) in [5.41, 5.74) is 0.823. The number of carbonyl (C=O) groups excluding carboxylic acids is 2. The third-order valence-corrected chi connectivity index (χ3v) is 5.71. The number of carboxylic acids is 1. The van der Waals surface area contributed by atoms with Gasteiger partial charge in [0.25, 0.3) is 11.8 Å². The van der Waals surface area contributed by atoms with Crippen molar-refractivity contribution in [3.05, 3.63) is 59.9 Å². The summed E-state index contributed by atoms with van der Waals surface area (Å²) in [5, 5.41) is 19.6. The fourth-order valence-electron chi connectivity index (χ4n) is 3.78. The lowest BCUT2D eigenvalue weighted by Gasteiger charge is -2.52. The van der Waals surface area contributed by atoms with Gasteiger partial charge in [0, 0.05) is 30.1 Å². The molecular formula is C23H24F3N3O6. The molecule has 2 aliphatic rings. The zero-order valence-corrected chi connectivity index (χ0v) is 18.5. The first-order valence-electron chi connectivity index (χ1n) is 10.7. The van der Waals surface area contributed by atoms with Crippen LogP contribution in [0.5, 0.6) is 5.75 Å². The van der Waals surface area contributed by atoms with Gasteiger partial charge in [-0.05, 0) is 49.1 Å². The van der Waals surface area contributed by atoms with Gasteiger partial charge in [-0.1, -0.05) is 6.07 Å². The maximum atomic E-state index is 12.5. The highest BCUT2D eigenvalue weighted by Gasteiger charge is 2.48. The average Bonchev–Trinajstić information content (AvgIpc) is 2.81. The number of pyridine rings is 1. The number of likely N-dealkylation sites (tertiary alicyclic amines) is 1. The number of rotatable bonds is 4. The van der Waals surface area contributed by atoms with E-state index in [4.69, 9.17) is 14.6 Å². The van der Waals surface area contributed by atoms with Crippen molar-refractivity contribution in [3.63, 3.8) is 0 Å². The van der Waals surface area contributed by atoms with Crippen LogP contribution in [-0.2, 0) is 9.53 Å². The second kappa shape index (κ2) is 10.7. The van der Waals surface area contributed by atoms with Crippen LogP contribution in [0.2, 0.25) is 0 Å². The van der Waals surface area contributed by atoms with Crippen LogP contribution in [0.25, 0.3) is 0 Å². The van der Waals surface area contributed by atoms with Gasteiger partial charge in [0.15, 0.2) is 0 Å². The Labute approximate surface area is 198 Å². The van der Waals surface area contributed by atoms with Gasteiger partial charge in [0.05, 0.1) is 19.7 Å². The quantitative estimate of drug-likeness (QED) is 0.594. The van der Waals surface area contributed by atoms with Crippen molar-refractivity contribution >= 4 is 17.8 Å². The van der Waals surface area contributed by atoms with Crippen molar-refractivity contribution in [2.75, 3.05) is 26.2 Å². The summed E-state index contributed by atoms with van der Waals surface area (Å²) in [7, 11) is 0. The standard InChI is InChI=1S/C21H23N3O4.C2HF3O2/c25-18-3-1-2-17(10-18)20(27)24-13-21(14-24)7-4-15(12-28-21)11-23-19(26)16-5-8-22-9-6-16;3-2(4,5)1(6)7/h1-3,5-6,8-10,15,25H,4,7,11-14H2,(H,23,26);(H,6,7). The minimum Gasteiger partial charge on any atom is -0.508 e. The first kappa shape index (κ1) is 25.9. The number of benzene rings is 1. The van der Waals surface area contributed by atoms with Gasteiger partial charge in [-0.15, -0.1) is 0 Å². The van der Waals surface area contributed by atoms with Gasteiger partial charge in [-0.2, -0.15) is 13.2 Å². The molecule has 3 N–H and O–H groups in total. The zero-order valence-electron chi connectivity index (χ0n) is 18.5. The summed E-state index contributed by atoms with van der Waals surface area (Å²) in [6.07, 6.45) is -0.0664. The molecule has 12 heteroatoms. The second-order valence-electron chi connectivity index (χ2n) is 8.36. The third-order valence-electron chi connectivity index (χ3n) is 5.71. The van der Waals surface area contributed by atoms with Crippen molar-refractivity contribution in [1.82, 2.24) is 15.2 Å². The Morgan fingerprint density at radius 2 is 1.80 bits per heavy atom. The fourth-order valence-corrected chi connectivity index (χ4v) is 3.78. The molecule has 2 amide bonds. The lowest BCUT2D eigenvalue weighted by atomic mass is 9.82. The van der Waals surface area contributed by atoms with E-state index < -0.39 is 12.1 Å². The number of hydrogen-bond acceptors (Lipinski definition) is 6. The second-order valence-corrected chi connectivity index (χ2v) is 8.36. The summed E-state index contributed by atoms with van der Waals surface area (Å²) in [6, 6.07) is 9.78. The van der Waals surface area contributed by atoms with Crippen LogP contribution in [0.15, 0.2) is 48.8 Å². The highest BCUT2D eigenvalue weighted by atomic mass is 19.4. The van der Waals surface area contributed by atoms with E-state index in [0.29, 0.717) is 37.4 Å². The summed E-state index contributed by atoms with van der Waals surface area (Å²) in [6.45, 7) is 2.28. The largest absolute Gasteiger partial charge is 0.508 e. The van der Waals surface area contributed by atoms with Crippen LogP contribution in [0.1, 0.15) is 33.6 Å². The first-order chi connectivity index (χ1) is 16.5. The maximum Gasteiger partial charge on any atom is 0.490 e. The number of hydrogen-bond donors (Lipinski definition) is 3. The van der Waals surface area contributed by atoms with Crippen LogP contribution in [0.3, 0.4) is 0 Å². The molecule has 35 heavy (non-hydrogen) atoms. The molecule has 0 saturated carbocycles. The van der Waals surface area contributed by atoms with Crippen LogP contribution >= 0.6 is 0 Å². The molecule has 188 valence electrons. The van der Waals surface area contributed by atoms with E-state index in [1.165, 1.54) is 6.07 Å². The molecule has 2 saturated heterocycles. The molecule has 4 rings (SSSR count). The predicted octanol–water partition coefficient (Wildman–Crippen LogP) is 2.47. The van der Waals surface area contributed by atoms with Crippen LogP contribution in [0, 0.1) is 5.92 Å². The normalized spacial score (nSPS) is 18.6. The smallest absolute Gasteiger partial charge is 0.490 e. The van der Waals surface area contributed by atoms with E-state index in [2.05, 4.69) is 10.3 Å². The Hall–Kier alpha value is -3.67. The van der Waals surface area contributed by atoms with E-state index >= 15 is 0 Å². The lowest BCUT2D eigenvalue weighted by molar-refractivity contribution is -0.192. The predicted molar refractivity (Wildman–Crippen MR) is 116 cm³/mol. The maximum absolute atomic E-state index is 12.5. The Balaban J connectivity index is 0.000000429. The Bertz CT molecular complexity index is 1050. The number of aromatic nitrogens is 1. The van der Waals surface area contributed by atoms with E-state index in [1.807, 2.05) is 0 Å². The number of phenolic OH excluding ortho intramolecular Hbond substituents is 1.